The van der Waals surface area contributed by atoms with Crippen LogP contribution in [0.4, 0.5) is 11.4 Å². The number of benzene rings is 2. The van der Waals surface area contributed by atoms with Gasteiger partial charge in [0.1, 0.15) is 5.75 Å². The fourth-order valence-electron chi connectivity index (χ4n) is 1.59. The van der Waals surface area contributed by atoms with Crippen LogP contribution in [0.1, 0.15) is 0 Å². The molecular weight excluding hydrogens is 268 g/mol. The maximum absolute atomic E-state index is 11.4. The quantitative estimate of drug-likeness (QED) is 0.501. The molecule has 2 rings (SSSR count). The first-order valence-electron chi connectivity index (χ1n) is 6.25. The van der Waals surface area contributed by atoms with Crippen molar-refractivity contribution in [3.8, 4) is 5.75 Å². The molecule has 106 valence electrons. The average molecular weight is 282 g/mol. The number of rotatable bonds is 5. The molecule has 0 fully saturated rings. The van der Waals surface area contributed by atoms with Gasteiger partial charge in [-0.2, -0.15) is 0 Å². The molecule has 0 saturated carbocycles. The highest BCUT2D eigenvalue weighted by atomic mass is 16.5. The van der Waals surface area contributed by atoms with Crippen molar-refractivity contribution in [1.82, 2.24) is 0 Å². The summed E-state index contributed by atoms with van der Waals surface area (Å²) in [5.41, 5.74) is 6.72. The van der Waals surface area contributed by atoms with E-state index in [0.717, 1.165) is 23.5 Å². The van der Waals surface area contributed by atoms with Gasteiger partial charge in [-0.05, 0) is 36.4 Å². The molecule has 0 heterocycles. The largest absolute Gasteiger partial charge is 0.423 e. The summed E-state index contributed by atoms with van der Waals surface area (Å²) in [5, 5.41) is 3.21. The van der Waals surface area contributed by atoms with E-state index >= 15 is 0 Å². The van der Waals surface area contributed by atoms with Gasteiger partial charge in [0.15, 0.2) is 0 Å². The molecule has 5 nitrogen and oxygen atoms in total. The van der Waals surface area contributed by atoms with Gasteiger partial charge in [0.05, 0.1) is 0 Å². The van der Waals surface area contributed by atoms with Gasteiger partial charge in [-0.3, -0.25) is 4.79 Å². The van der Waals surface area contributed by atoms with Crippen LogP contribution < -0.4 is 15.8 Å². The first-order chi connectivity index (χ1) is 10.1. The van der Waals surface area contributed by atoms with Gasteiger partial charge in [-0.25, -0.2) is 4.79 Å². The number of amides is 1. The highest BCUT2D eigenvalue weighted by molar-refractivity contribution is 5.94. The van der Waals surface area contributed by atoms with Crippen LogP contribution in [0.15, 0.2) is 66.7 Å². The normalized spacial score (nSPS) is 10.3. The number of hydrogen-bond donors (Lipinski definition) is 2. The second kappa shape index (κ2) is 6.91. The van der Waals surface area contributed by atoms with E-state index in [9.17, 15) is 9.59 Å². The predicted octanol–water partition coefficient (Wildman–Crippen LogP) is 2.38. The number of carbonyl (C=O) groups is 2. The Morgan fingerprint density at radius 1 is 0.905 bits per heavy atom. The number of para-hydroxylation sites is 1. The summed E-state index contributed by atoms with van der Waals surface area (Å²) in [7, 11) is 0. The molecule has 0 aliphatic carbocycles. The van der Waals surface area contributed by atoms with Crippen molar-refractivity contribution in [3.63, 3.8) is 0 Å². The van der Waals surface area contributed by atoms with Crippen LogP contribution in [-0.4, -0.2) is 11.9 Å². The zero-order valence-electron chi connectivity index (χ0n) is 11.2. The molecule has 0 spiro atoms. The molecule has 0 unspecified atom stereocenters. The Hall–Kier alpha value is -3.08. The van der Waals surface area contributed by atoms with Crippen molar-refractivity contribution in [1.29, 1.82) is 0 Å². The summed E-state index contributed by atoms with van der Waals surface area (Å²) in [4.78, 5) is 21.9. The van der Waals surface area contributed by atoms with Crippen LogP contribution in [-0.2, 0) is 9.59 Å². The van der Waals surface area contributed by atoms with E-state index in [1.807, 2.05) is 30.3 Å². The van der Waals surface area contributed by atoms with E-state index in [1.54, 1.807) is 24.3 Å². The number of carbonyl (C=O) groups excluding carboxylic acids is 2. The lowest BCUT2D eigenvalue weighted by molar-refractivity contribution is -0.129. The smallest absolute Gasteiger partial charge is 0.336 e. The SMILES string of the molecule is NC(=O)C=CC(=O)Oc1ccc(Nc2ccccc2)cc1. The predicted molar refractivity (Wildman–Crippen MR) is 80.1 cm³/mol. The van der Waals surface area contributed by atoms with Crippen molar-refractivity contribution in [3.05, 3.63) is 66.7 Å². The van der Waals surface area contributed by atoms with Crippen molar-refractivity contribution >= 4 is 23.3 Å². The second-order valence-corrected chi connectivity index (χ2v) is 4.17. The molecule has 0 aromatic heterocycles. The molecule has 3 N–H and O–H groups in total. The molecule has 0 saturated heterocycles. The van der Waals surface area contributed by atoms with Crippen LogP contribution in [0, 0.1) is 0 Å². The van der Waals surface area contributed by atoms with Crippen LogP contribution >= 0.6 is 0 Å². The summed E-state index contributed by atoms with van der Waals surface area (Å²) in [5.74, 6) is -0.973. The van der Waals surface area contributed by atoms with E-state index in [0.29, 0.717) is 5.75 Å². The number of ether oxygens (including phenoxy) is 1. The molecule has 21 heavy (non-hydrogen) atoms. The van der Waals surface area contributed by atoms with Crippen LogP contribution in [0.3, 0.4) is 0 Å². The van der Waals surface area contributed by atoms with E-state index < -0.39 is 11.9 Å². The molecule has 2 aromatic rings. The topological polar surface area (TPSA) is 81.4 Å². The van der Waals surface area contributed by atoms with E-state index in [4.69, 9.17) is 10.5 Å². The molecule has 0 aliphatic heterocycles. The fourth-order valence-corrected chi connectivity index (χ4v) is 1.59. The Balaban J connectivity index is 1.96. The van der Waals surface area contributed by atoms with E-state index in [2.05, 4.69) is 5.32 Å². The van der Waals surface area contributed by atoms with E-state index in [1.165, 1.54) is 0 Å². The highest BCUT2D eigenvalue weighted by Crippen LogP contribution is 2.19. The summed E-state index contributed by atoms with van der Waals surface area (Å²) in [6.07, 6.45) is 1.94. The van der Waals surface area contributed by atoms with Gasteiger partial charge in [0, 0.05) is 23.5 Å². The van der Waals surface area contributed by atoms with Gasteiger partial charge in [-0.15, -0.1) is 0 Å². The zero-order valence-corrected chi connectivity index (χ0v) is 11.2. The Kier molecular flexibility index (Phi) is 4.71. The minimum atomic E-state index is -0.700. The number of nitrogens with two attached hydrogens (primary N) is 1. The maximum atomic E-state index is 11.4. The minimum Gasteiger partial charge on any atom is -0.423 e. The average Bonchev–Trinajstić information content (AvgIpc) is 2.48. The molecule has 5 heteroatoms. The molecular formula is C16H14N2O3. The summed E-state index contributed by atoms with van der Waals surface area (Å²) >= 11 is 0. The lowest BCUT2D eigenvalue weighted by Crippen LogP contribution is -2.09. The van der Waals surface area contributed by atoms with Crippen molar-refractivity contribution in [2.24, 2.45) is 5.73 Å². The third-order valence-corrected chi connectivity index (χ3v) is 2.52. The summed E-state index contributed by atoms with van der Waals surface area (Å²) in [6.45, 7) is 0. The first kappa shape index (κ1) is 14.3. The monoisotopic (exact) mass is 282 g/mol. The van der Waals surface area contributed by atoms with Gasteiger partial charge in [0.2, 0.25) is 5.91 Å². The van der Waals surface area contributed by atoms with Crippen molar-refractivity contribution in [2.45, 2.75) is 0 Å². The molecule has 1 amide bonds. The first-order valence-corrected chi connectivity index (χ1v) is 6.25. The number of hydrogen-bond acceptors (Lipinski definition) is 4. The van der Waals surface area contributed by atoms with Crippen molar-refractivity contribution in [2.75, 3.05) is 5.32 Å². The van der Waals surface area contributed by atoms with Gasteiger partial charge in [0.25, 0.3) is 0 Å². The highest BCUT2D eigenvalue weighted by Gasteiger charge is 2.01. The number of nitrogens with one attached hydrogen (secondary N) is 1. The van der Waals surface area contributed by atoms with Gasteiger partial charge in [-0.1, -0.05) is 18.2 Å². The fraction of sp³-hybridized carbons (Fsp3) is 0. The number of anilines is 2. The Bertz CT molecular complexity index is 649. The second-order valence-electron chi connectivity index (χ2n) is 4.17. The molecule has 0 atom stereocenters. The lowest BCUT2D eigenvalue weighted by atomic mass is 10.2. The Morgan fingerprint density at radius 2 is 1.52 bits per heavy atom. The molecule has 2 aromatic carbocycles. The maximum Gasteiger partial charge on any atom is 0.336 e. The minimum absolute atomic E-state index is 0.382. The van der Waals surface area contributed by atoms with Crippen molar-refractivity contribution < 1.29 is 14.3 Å². The Morgan fingerprint density at radius 3 is 2.14 bits per heavy atom. The zero-order chi connectivity index (χ0) is 15.1. The number of primary amides is 1. The van der Waals surface area contributed by atoms with Crippen LogP contribution in [0.2, 0.25) is 0 Å². The van der Waals surface area contributed by atoms with Gasteiger partial charge >= 0.3 is 5.97 Å². The number of esters is 1. The Labute approximate surface area is 122 Å². The molecule has 0 bridgehead atoms. The molecule has 0 radical (unpaired) electrons. The van der Waals surface area contributed by atoms with E-state index in [-0.39, 0.29) is 0 Å². The molecule has 0 aliphatic rings. The van der Waals surface area contributed by atoms with Gasteiger partial charge < -0.3 is 15.8 Å². The lowest BCUT2D eigenvalue weighted by Gasteiger charge is -2.07. The third-order valence-electron chi connectivity index (χ3n) is 2.52. The standard InChI is InChI=1S/C16H14N2O3/c17-15(19)10-11-16(20)21-14-8-6-13(7-9-14)18-12-4-2-1-3-5-12/h1-11,18H,(H2,17,19). The van der Waals surface area contributed by atoms with Crippen LogP contribution in [0.5, 0.6) is 5.75 Å². The summed E-state index contributed by atoms with van der Waals surface area (Å²) < 4.78 is 5.01. The van der Waals surface area contributed by atoms with Crippen LogP contribution in [0.25, 0.3) is 0 Å². The third kappa shape index (κ3) is 4.83. The summed E-state index contributed by atoms with van der Waals surface area (Å²) in [6, 6.07) is 16.6.